The molecule has 1 fully saturated rings. The maximum atomic E-state index is 11.8. The molecular weight excluding hydrogens is 284 g/mol. The third kappa shape index (κ3) is 4.66. The second-order valence-electron chi connectivity index (χ2n) is 5.93. The Morgan fingerprint density at radius 3 is 2.55 bits per heavy atom. The van der Waals surface area contributed by atoms with Crippen molar-refractivity contribution < 1.29 is 23.7 Å². The lowest BCUT2D eigenvalue weighted by Crippen LogP contribution is -2.56. The molecule has 5 heteroatoms. The summed E-state index contributed by atoms with van der Waals surface area (Å²) in [5, 5.41) is 0. The molecule has 126 valence electrons. The highest BCUT2D eigenvalue weighted by atomic mass is 16.7. The van der Waals surface area contributed by atoms with Crippen LogP contribution in [0.1, 0.15) is 34.6 Å². The molecule has 0 N–H and O–H groups in total. The highest BCUT2D eigenvalue weighted by Gasteiger charge is 2.44. The van der Waals surface area contributed by atoms with E-state index in [0.717, 1.165) is 0 Å². The van der Waals surface area contributed by atoms with Crippen LogP contribution >= 0.6 is 0 Å². The Morgan fingerprint density at radius 1 is 1.41 bits per heavy atom. The Hall–Kier alpha value is -1.17. The van der Waals surface area contributed by atoms with Gasteiger partial charge in [0.15, 0.2) is 5.79 Å². The number of rotatable bonds is 6. The van der Waals surface area contributed by atoms with Gasteiger partial charge >= 0.3 is 5.97 Å². The van der Waals surface area contributed by atoms with Crippen molar-refractivity contribution in [3.05, 3.63) is 24.3 Å². The summed E-state index contributed by atoms with van der Waals surface area (Å²) < 4.78 is 22.4. The fraction of sp³-hybridized carbons (Fsp3) is 0.706. The predicted octanol–water partition coefficient (Wildman–Crippen LogP) is 2.85. The van der Waals surface area contributed by atoms with Gasteiger partial charge in [0.1, 0.15) is 12.2 Å². The molecule has 0 aromatic carbocycles. The number of esters is 1. The molecule has 1 aliphatic rings. The molecular formula is C17H28O5. The Kier molecular flexibility index (Phi) is 6.78. The van der Waals surface area contributed by atoms with Gasteiger partial charge in [0, 0.05) is 18.6 Å². The number of hydrogen-bond donors (Lipinski definition) is 0. The first-order chi connectivity index (χ1) is 10.3. The average Bonchev–Trinajstić information content (AvgIpc) is 2.45. The van der Waals surface area contributed by atoms with E-state index < -0.39 is 5.79 Å². The van der Waals surface area contributed by atoms with Gasteiger partial charge in [-0.1, -0.05) is 19.1 Å². The van der Waals surface area contributed by atoms with Gasteiger partial charge in [-0.25, -0.2) is 4.79 Å². The third-order valence-corrected chi connectivity index (χ3v) is 3.62. The molecule has 1 aliphatic heterocycles. The van der Waals surface area contributed by atoms with Crippen molar-refractivity contribution >= 4 is 5.97 Å². The van der Waals surface area contributed by atoms with E-state index in [9.17, 15) is 4.79 Å². The Balaban J connectivity index is 2.96. The van der Waals surface area contributed by atoms with Crippen LogP contribution in [0.15, 0.2) is 24.3 Å². The molecule has 0 amide bonds. The van der Waals surface area contributed by atoms with Crippen molar-refractivity contribution in [3.63, 3.8) is 0 Å². The van der Waals surface area contributed by atoms with Gasteiger partial charge in [-0.05, 0) is 27.7 Å². The van der Waals surface area contributed by atoms with E-state index in [1.54, 1.807) is 27.0 Å². The zero-order chi connectivity index (χ0) is 16.9. The predicted molar refractivity (Wildman–Crippen MR) is 84.4 cm³/mol. The first kappa shape index (κ1) is 18.9. The van der Waals surface area contributed by atoms with Crippen molar-refractivity contribution in [1.82, 2.24) is 0 Å². The van der Waals surface area contributed by atoms with E-state index in [0.29, 0.717) is 12.2 Å². The van der Waals surface area contributed by atoms with Crippen molar-refractivity contribution in [2.75, 3.05) is 13.7 Å². The second-order valence-corrected chi connectivity index (χ2v) is 5.93. The Bertz CT molecular complexity index is 427. The molecule has 22 heavy (non-hydrogen) atoms. The summed E-state index contributed by atoms with van der Waals surface area (Å²) in [7, 11) is 1.62. The van der Waals surface area contributed by atoms with Crippen molar-refractivity contribution in [3.8, 4) is 0 Å². The molecule has 4 atom stereocenters. The molecule has 0 aromatic heterocycles. The first-order valence-corrected chi connectivity index (χ1v) is 7.62. The summed E-state index contributed by atoms with van der Waals surface area (Å²) in [6.45, 7) is 13.4. The molecule has 0 bridgehead atoms. The standard InChI is InChI=1S/C17H28O5/c1-8-13-15(19-7)14(22-17(5,6)21-13)11(3)10-12(4)16(18)20-9-2/h8,10-11,13-15H,1,9H2,2-7H3/b12-10+. The fourth-order valence-electron chi connectivity index (χ4n) is 2.66. The van der Waals surface area contributed by atoms with Crippen molar-refractivity contribution in [2.24, 2.45) is 5.92 Å². The Labute approximate surface area is 133 Å². The monoisotopic (exact) mass is 312 g/mol. The maximum Gasteiger partial charge on any atom is 0.333 e. The number of carbonyl (C=O) groups is 1. The minimum absolute atomic E-state index is 0.0417. The van der Waals surface area contributed by atoms with Crippen LogP contribution in [0, 0.1) is 5.92 Å². The SMILES string of the molecule is C=CC1OC(C)(C)OC(C(C)/C=C(\C)C(=O)OCC)C1OC. The first-order valence-electron chi connectivity index (χ1n) is 7.62. The van der Waals surface area contributed by atoms with Gasteiger partial charge in [0.25, 0.3) is 0 Å². The van der Waals surface area contributed by atoms with E-state index in [2.05, 4.69) is 6.58 Å². The zero-order valence-corrected chi connectivity index (χ0v) is 14.4. The maximum absolute atomic E-state index is 11.8. The van der Waals surface area contributed by atoms with Crippen LogP contribution in [-0.2, 0) is 23.7 Å². The lowest BCUT2D eigenvalue weighted by atomic mass is 9.92. The van der Waals surface area contributed by atoms with Crippen molar-refractivity contribution in [1.29, 1.82) is 0 Å². The van der Waals surface area contributed by atoms with Crippen LogP contribution in [0.5, 0.6) is 0 Å². The second kappa shape index (κ2) is 7.90. The molecule has 1 heterocycles. The van der Waals surface area contributed by atoms with E-state index in [-0.39, 0.29) is 30.2 Å². The van der Waals surface area contributed by atoms with E-state index in [1.165, 1.54) is 0 Å². The van der Waals surface area contributed by atoms with E-state index in [1.807, 2.05) is 26.8 Å². The summed E-state index contributed by atoms with van der Waals surface area (Å²) in [4.78, 5) is 11.8. The molecule has 0 radical (unpaired) electrons. The zero-order valence-electron chi connectivity index (χ0n) is 14.4. The summed E-state index contributed by atoms with van der Waals surface area (Å²) in [6, 6.07) is 0. The summed E-state index contributed by atoms with van der Waals surface area (Å²) >= 11 is 0. The van der Waals surface area contributed by atoms with Crippen LogP contribution < -0.4 is 0 Å². The molecule has 1 rings (SSSR count). The topological polar surface area (TPSA) is 54.0 Å². The van der Waals surface area contributed by atoms with Gasteiger partial charge in [0.2, 0.25) is 0 Å². The number of carbonyl (C=O) groups excluding carboxylic acids is 1. The van der Waals surface area contributed by atoms with Crippen LogP contribution in [0.25, 0.3) is 0 Å². The van der Waals surface area contributed by atoms with Crippen molar-refractivity contribution in [2.45, 2.75) is 58.7 Å². The minimum Gasteiger partial charge on any atom is -0.463 e. The van der Waals surface area contributed by atoms with Gasteiger partial charge in [-0.2, -0.15) is 0 Å². The van der Waals surface area contributed by atoms with Gasteiger partial charge < -0.3 is 18.9 Å². The minimum atomic E-state index is -0.738. The van der Waals surface area contributed by atoms with Gasteiger partial charge in [-0.3, -0.25) is 0 Å². The molecule has 1 saturated heterocycles. The van der Waals surface area contributed by atoms with Gasteiger partial charge in [0.05, 0.1) is 12.7 Å². The smallest absolute Gasteiger partial charge is 0.333 e. The van der Waals surface area contributed by atoms with Crippen LogP contribution in [0.3, 0.4) is 0 Å². The lowest BCUT2D eigenvalue weighted by molar-refractivity contribution is -0.331. The van der Waals surface area contributed by atoms with Gasteiger partial charge in [-0.15, -0.1) is 6.58 Å². The summed E-state index contributed by atoms with van der Waals surface area (Å²) in [6.07, 6.45) is 2.78. The molecule has 0 aliphatic carbocycles. The number of hydrogen-bond acceptors (Lipinski definition) is 5. The quantitative estimate of drug-likeness (QED) is 0.429. The molecule has 5 nitrogen and oxygen atoms in total. The lowest BCUT2D eigenvalue weighted by Gasteiger charge is -2.46. The Morgan fingerprint density at radius 2 is 2.05 bits per heavy atom. The van der Waals surface area contributed by atoms with Crippen LogP contribution in [-0.4, -0.2) is 43.8 Å². The normalized spacial score (nSPS) is 29.7. The summed E-state index contributed by atoms with van der Waals surface area (Å²) in [5.41, 5.74) is 0.562. The van der Waals surface area contributed by atoms with E-state index in [4.69, 9.17) is 18.9 Å². The molecule has 0 saturated carbocycles. The van der Waals surface area contributed by atoms with E-state index >= 15 is 0 Å². The fourth-order valence-corrected chi connectivity index (χ4v) is 2.66. The molecule has 4 unspecified atom stereocenters. The molecule has 0 aromatic rings. The third-order valence-electron chi connectivity index (χ3n) is 3.62. The molecule has 0 spiro atoms. The number of methoxy groups -OCH3 is 1. The average molecular weight is 312 g/mol. The van der Waals surface area contributed by atoms with Crippen LogP contribution in [0.2, 0.25) is 0 Å². The summed E-state index contributed by atoms with van der Waals surface area (Å²) in [5.74, 6) is -1.09. The highest BCUT2D eigenvalue weighted by molar-refractivity contribution is 5.87. The van der Waals surface area contributed by atoms with Crippen LogP contribution in [0.4, 0.5) is 0 Å². The number of ether oxygens (including phenoxy) is 4. The highest BCUT2D eigenvalue weighted by Crippen LogP contribution is 2.33. The largest absolute Gasteiger partial charge is 0.463 e.